The number of nitrogens with zero attached hydrogens (tertiary/aromatic N) is 1. The number of methoxy groups -OCH3 is 1. The SMILES string of the molecule is C=C1CC(C)CC(C2(C)OOC2(OC)c2ccc(/C=C/C#N)c(O)c2Cl)C1. The van der Waals surface area contributed by atoms with Crippen LogP contribution in [-0.2, 0) is 20.3 Å². The number of hydrogen-bond acceptors (Lipinski definition) is 5. The summed E-state index contributed by atoms with van der Waals surface area (Å²) in [5.74, 6) is -0.731. The summed E-state index contributed by atoms with van der Waals surface area (Å²) in [6, 6.07) is 5.31. The van der Waals surface area contributed by atoms with Crippen LogP contribution >= 0.6 is 11.6 Å². The van der Waals surface area contributed by atoms with Gasteiger partial charge in [-0.05, 0) is 38.2 Å². The van der Waals surface area contributed by atoms with Gasteiger partial charge in [-0.2, -0.15) is 10.1 Å². The van der Waals surface area contributed by atoms with Crippen molar-refractivity contribution in [1.82, 2.24) is 0 Å². The number of ether oxygens (including phenoxy) is 1. The molecular weight excluding hydrogens is 366 g/mol. The third kappa shape index (κ3) is 3.07. The highest BCUT2D eigenvalue weighted by atomic mass is 35.5. The number of halogens is 1. The predicted octanol–water partition coefficient (Wildman–Crippen LogP) is 5.09. The average Bonchev–Trinajstić information content (AvgIpc) is 2.62. The van der Waals surface area contributed by atoms with Crippen LogP contribution in [0.15, 0.2) is 30.4 Å². The van der Waals surface area contributed by atoms with Crippen LogP contribution in [0.3, 0.4) is 0 Å². The average molecular weight is 390 g/mol. The van der Waals surface area contributed by atoms with E-state index in [-0.39, 0.29) is 16.7 Å². The van der Waals surface area contributed by atoms with Gasteiger partial charge in [-0.3, -0.25) is 0 Å². The summed E-state index contributed by atoms with van der Waals surface area (Å²) >= 11 is 6.48. The third-order valence-corrected chi connectivity index (χ3v) is 6.13. The molecule has 6 heteroatoms. The molecule has 144 valence electrons. The molecule has 1 aromatic rings. The molecule has 27 heavy (non-hydrogen) atoms. The van der Waals surface area contributed by atoms with Crippen molar-refractivity contribution in [2.75, 3.05) is 7.11 Å². The fraction of sp³-hybridized carbons (Fsp3) is 0.476. The summed E-state index contributed by atoms with van der Waals surface area (Å²) in [5, 5.41) is 19.3. The first-order valence-corrected chi connectivity index (χ1v) is 9.33. The highest BCUT2D eigenvalue weighted by Gasteiger charge is 2.68. The van der Waals surface area contributed by atoms with Crippen LogP contribution in [0.2, 0.25) is 5.02 Å². The maximum atomic E-state index is 10.5. The fourth-order valence-electron chi connectivity index (χ4n) is 4.34. The molecule has 0 spiro atoms. The van der Waals surface area contributed by atoms with Crippen molar-refractivity contribution < 1.29 is 19.6 Å². The third-order valence-electron chi connectivity index (χ3n) is 5.75. The van der Waals surface area contributed by atoms with Gasteiger partial charge in [0.2, 0.25) is 0 Å². The quantitative estimate of drug-likeness (QED) is 0.441. The number of phenolic OH excluding ortho intramolecular Hbond substituents is 1. The lowest BCUT2D eigenvalue weighted by Gasteiger charge is -2.57. The van der Waals surface area contributed by atoms with Crippen molar-refractivity contribution in [2.45, 2.75) is 44.5 Å². The van der Waals surface area contributed by atoms with Crippen LogP contribution in [0.1, 0.15) is 44.2 Å². The zero-order valence-corrected chi connectivity index (χ0v) is 16.5. The highest BCUT2D eigenvalue weighted by Crippen LogP contribution is 2.58. The molecule has 0 bridgehead atoms. The minimum Gasteiger partial charge on any atom is -0.506 e. The second kappa shape index (κ2) is 7.29. The van der Waals surface area contributed by atoms with E-state index in [0.717, 1.165) is 19.3 Å². The second-order valence-electron chi connectivity index (χ2n) is 7.62. The maximum absolute atomic E-state index is 10.5. The van der Waals surface area contributed by atoms with Gasteiger partial charge >= 0.3 is 0 Å². The van der Waals surface area contributed by atoms with Crippen LogP contribution in [0.5, 0.6) is 5.75 Å². The number of benzene rings is 1. The molecule has 5 nitrogen and oxygen atoms in total. The molecule has 1 saturated heterocycles. The number of allylic oxidation sites excluding steroid dienone is 2. The Morgan fingerprint density at radius 1 is 1.41 bits per heavy atom. The van der Waals surface area contributed by atoms with Gasteiger partial charge in [0.15, 0.2) is 5.60 Å². The molecular formula is C21H24ClNO4. The summed E-state index contributed by atoms with van der Waals surface area (Å²) in [4.78, 5) is 11.2. The van der Waals surface area contributed by atoms with Gasteiger partial charge in [-0.25, -0.2) is 4.89 Å². The van der Waals surface area contributed by atoms with E-state index >= 15 is 0 Å². The van der Waals surface area contributed by atoms with Crippen LogP contribution in [0.25, 0.3) is 6.08 Å². The maximum Gasteiger partial charge on any atom is 0.261 e. The first-order chi connectivity index (χ1) is 12.8. The highest BCUT2D eigenvalue weighted by molar-refractivity contribution is 6.33. The van der Waals surface area contributed by atoms with E-state index in [1.54, 1.807) is 19.2 Å². The van der Waals surface area contributed by atoms with Crippen LogP contribution < -0.4 is 0 Å². The monoisotopic (exact) mass is 389 g/mol. The summed E-state index contributed by atoms with van der Waals surface area (Å²) in [7, 11) is 1.54. The lowest BCUT2D eigenvalue weighted by molar-refractivity contribution is -0.624. The molecule has 1 aliphatic carbocycles. The Kier molecular flexibility index (Phi) is 5.38. The molecule has 1 aromatic carbocycles. The zero-order valence-electron chi connectivity index (χ0n) is 15.8. The Bertz CT molecular complexity index is 826. The van der Waals surface area contributed by atoms with Crippen molar-refractivity contribution >= 4 is 17.7 Å². The Morgan fingerprint density at radius 2 is 2.15 bits per heavy atom. The summed E-state index contributed by atoms with van der Waals surface area (Å²) in [6.45, 7) is 8.32. The molecule has 0 radical (unpaired) electrons. The van der Waals surface area contributed by atoms with Crippen LogP contribution in [0, 0.1) is 23.2 Å². The molecule has 2 fully saturated rings. The van der Waals surface area contributed by atoms with Crippen molar-refractivity contribution in [3.05, 3.63) is 46.5 Å². The number of rotatable bonds is 4. The Balaban J connectivity index is 2.03. The first-order valence-electron chi connectivity index (χ1n) is 8.95. The van der Waals surface area contributed by atoms with Gasteiger partial charge in [0, 0.05) is 30.2 Å². The van der Waals surface area contributed by atoms with Crippen LogP contribution in [0.4, 0.5) is 0 Å². The molecule has 1 aliphatic heterocycles. The molecule has 1 heterocycles. The summed E-state index contributed by atoms with van der Waals surface area (Å²) < 4.78 is 5.81. The number of nitriles is 1. The van der Waals surface area contributed by atoms with Crippen molar-refractivity contribution in [3.63, 3.8) is 0 Å². The van der Waals surface area contributed by atoms with Crippen LogP contribution in [-0.4, -0.2) is 17.8 Å². The lowest BCUT2D eigenvalue weighted by Crippen LogP contribution is -2.68. The molecule has 0 amide bonds. The minimum absolute atomic E-state index is 0.120. The van der Waals surface area contributed by atoms with Gasteiger partial charge < -0.3 is 9.84 Å². The summed E-state index contributed by atoms with van der Waals surface area (Å²) in [5.41, 5.74) is 1.35. The van der Waals surface area contributed by atoms with E-state index in [1.165, 1.54) is 17.7 Å². The van der Waals surface area contributed by atoms with Crippen molar-refractivity contribution in [2.24, 2.45) is 11.8 Å². The van der Waals surface area contributed by atoms with E-state index in [1.807, 2.05) is 13.0 Å². The normalized spacial score (nSPS) is 33.7. The van der Waals surface area contributed by atoms with Gasteiger partial charge in [0.25, 0.3) is 5.79 Å². The molecule has 4 unspecified atom stereocenters. The predicted molar refractivity (Wildman–Crippen MR) is 103 cm³/mol. The van der Waals surface area contributed by atoms with E-state index in [9.17, 15) is 5.11 Å². The number of aromatic hydroxyl groups is 1. The minimum atomic E-state index is -1.24. The number of hydrogen-bond donors (Lipinski definition) is 1. The summed E-state index contributed by atoms with van der Waals surface area (Å²) in [6.07, 6.45) is 5.56. The standard InChI is InChI=1S/C21H24ClNO4/c1-13-10-14(2)12-16(11-13)20(3)21(25-4,27-26-20)17-8-7-15(6-5-9-23)19(24)18(17)22/h5-8,14,16,24H,1,10-12H2,2-4H3/b6-5+. The Morgan fingerprint density at radius 3 is 2.70 bits per heavy atom. The molecule has 0 aromatic heterocycles. The Hall–Kier alpha value is -1.84. The lowest BCUT2D eigenvalue weighted by atomic mass is 9.67. The molecule has 1 saturated carbocycles. The Labute approximate surface area is 164 Å². The molecule has 1 N–H and O–H groups in total. The van der Waals surface area contributed by atoms with E-state index < -0.39 is 11.4 Å². The van der Waals surface area contributed by atoms with Crippen molar-refractivity contribution in [3.8, 4) is 11.8 Å². The van der Waals surface area contributed by atoms with Gasteiger partial charge in [0.05, 0.1) is 11.1 Å². The second-order valence-corrected chi connectivity index (χ2v) is 8.00. The largest absolute Gasteiger partial charge is 0.506 e. The molecule has 2 aliphatic rings. The zero-order chi connectivity index (χ0) is 19.8. The first kappa shape index (κ1) is 19.9. The van der Waals surface area contributed by atoms with E-state index in [4.69, 9.17) is 31.4 Å². The smallest absolute Gasteiger partial charge is 0.261 e. The topological polar surface area (TPSA) is 71.7 Å². The molecule has 4 atom stereocenters. The fourth-order valence-corrected chi connectivity index (χ4v) is 4.63. The van der Waals surface area contributed by atoms with E-state index in [2.05, 4.69) is 13.5 Å². The number of phenols is 1. The van der Waals surface area contributed by atoms with E-state index in [0.29, 0.717) is 17.0 Å². The van der Waals surface area contributed by atoms with Gasteiger partial charge in [-0.15, -0.1) is 0 Å². The van der Waals surface area contributed by atoms with Crippen molar-refractivity contribution in [1.29, 1.82) is 5.26 Å². The van der Waals surface area contributed by atoms with Gasteiger partial charge in [0.1, 0.15) is 5.75 Å². The van der Waals surface area contributed by atoms with Gasteiger partial charge in [-0.1, -0.05) is 42.8 Å². The molecule has 3 rings (SSSR count).